The zero-order chi connectivity index (χ0) is 76.7. The van der Waals surface area contributed by atoms with Crippen LogP contribution in [0.25, 0.3) is 0 Å². The molecule has 0 unspecified atom stereocenters. The summed E-state index contributed by atoms with van der Waals surface area (Å²) in [5, 5.41) is 35.1. The zero-order valence-corrected chi connectivity index (χ0v) is 66.5. The lowest BCUT2D eigenvalue weighted by Crippen LogP contribution is -2.49. The molecule has 6 aromatic heterocycles. The number of urea groups is 2. The third kappa shape index (κ3) is 32.0. The molecule has 30 heteroatoms. The number of amides is 6. The van der Waals surface area contributed by atoms with Crippen LogP contribution in [0.2, 0.25) is 0 Å². The molecule has 0 bridgehead atoms. The zero-order valence-electron chi connectivity index (χ0n) is 62.0. The number of carboxylic acid groups (broad SMARTS) is 1. The molecule has 4 aromatic carbocycles. The number of ether oxygens (including phenoxy) is 2. The number of hydrogen-bond acceptors (Lipinski definition) is 19. The van der Waals surface area contributed by atoms with Crippen LogP contribution in [0.4, 0.5) is 19.2 Å². The molecule has 6 atom stereocenters. The number of aliphatic carboxylic acids is 1. The molecule has 25 nitrogen and oxygen atoms in total. The lowest BCUT2D eigenvalue weighted by Gasteiger charge is -2.26. The van der Waals surface area contributed by atoms with E-state index in [0.29, 0.717) is 50.6 Å². The Morgan fingerprint density at radius 1 is 0.542 bits per heavy atom. The van der Waals surface area contributed by atoms with Crippen molar-refractivity contribution in [2.75, 3.05) is 14.1 Å². The lowest BCUT2D eigenvalue weighted by atomic mass is 9.86. The van der Waals surface area contributed by atoms with E-state index in [1.807, 2.05) is 95.7 Å². The molecule has 10 aromatic rings. The number of Topliss-reactive ketones (excluding diaryl/α,β-unsaturated/α-hetero) is 1. The van der Waals surface area contributed by atoms with Crippen molar-refractivity contribution in [2.45, 2.75) is 167 Å². The van der Waals surface area contributed by atoms with Crippen molar-refractivity contribution < 1.29 is 50.3 Å². The first-order chi connectivity index (χ1) is 51.8. The molecular weight excluding hydrogens is 1550 g/mol. The highest BCUT2D eigenvalue weighted by Gasteiger charge is 2.29. The van der Waals surface area contributed by atoms with Crippen molar-refractivity contribution in [3.05, 3.63) is 246 Å². The van der Waals surface area contributed by atoms with Gasteiger partial charge in [-0.15, -0.1) is 69.3 Å². The first kappa shape index (κ1) is 84.9. The van der Waals surface area contributed by atoms with Crippen molar-refractivity contribution in [2.24, 2.45) is 11.7 Å². The molecule has 0 spiro atoms. The quantitative estimate of drug-likeness (QED) is 0.0199. The maximum Gasteiger partial charge on any atom is 0.407 e. The van der Waals surface area contributed by atoms with Gasteiger partial charge >= 0.3 is 30.2 Å². The summed E-state index contributed by atoms with van der Waals surface area (Å²) in [5.41, 5.74) is 22.3. The van der Waals surface area contributed by atoms with Crippen molar-refractivity contribution in [1.82, 2.24) is 70.6 Å². The average molecular weight is 1650 g/mol. The van der Waals surface area contributed by atoms with E-state index in [-0.39, 0.29) is 92.6 Å². The predicted octanol–water partition coefficient (Wildman–Crippen LogP) is 13.1. The summed E-state index contributed by atoms with van der Waals surface area (Å²) < 4.78 is 18.8. The molecule has 572 valence electrons. The van der Waals surface area contributed by atoms with Gasteiger partial charge in [-0.1, -0.05) is 149 Å². The smallest absolute Gasteiger partial charge is 0.407 e. The van der Waals surface area contributed by atoms with Crippen LogP contribution in [0.3, 0.4) is 0 Å². The number of aromatic nitrogens is 8. The van der Waals surface area contributed by atoms with Crippen molar-refractivity contribution in [3.8, 4) is 0 Å². The average Bonchev–Trinajstić information content (AvgIpc) is 1.44. The van der Waals surface area contributed by atoms with E-state index in [1.54, 1.807) is 107 Å². The summed E-state index contributed by atoms with van der Waals surface area (Å²) in [4.78, 5) is 98.4. The summed E-state index contributed by atoms with van der Waals surface area (Å²) in [7, 11) is 3.32. The van der Waals surface area contributed by atoms with E-state index in [2.05, 4.69) is 115 Å². The van der Waals surface area contributed by atoms with Crippen LogP contribution in [-0.2, 0) is 84.1 Å². The summed E-state index contributed by atoms with van der Waals surface area (Å²) in [6.07, 6.45) is 15.1. The number of halogens is 1. The fourth-order valence-corrected chi connectivity index (χ4v) is 13.8. The number of hydrogen-bond donors (Lipinski definition) is 6. The van der Waals surface area contributed by atoms with Crippen LogP contribution >= 0.6 is 69.3 Å². The maximum atomic E-state index is 14.2. The number of carbonyl (C=O) groups excluding carboxylic acids is 5. The summed E-state index contributed by atoms with van der Waals surface area (Å²) in [5.74, 6) is -0.589. The van der Waals surface area contributed by atoms with Gasteiger partial charge in [0.1, 0.15) is 25.3 Å². The topological polar surface area (TPSA) is 340 Å². The van der Waals surface area contributed by atoms with Gasteiger partial charge in [0.15, 0.2) is 5.78 Å². The predicted molar refractivity (Wildman–Crippen MR) is 430 cm³/mol. The van der Waals surface area contributed by atoms with Gasteiger partial charge in [-0.3, -0.25) is 24.1 Å². The fourth-order valence-electron chi connectivity index (χ4n) is 11.2. The third-order valence-corrected chi connectivity index (χ3v) is 20.6. The second-order valence-corrected chi connectivity index (χ2v) is 29.9. The molecule has 0 saturated carbocycles. The van der Waals surface area contributed by atoms with Gasteiger partial charge in [0, 0.05) is 98.4 Å². The second-order valence-electron chi connectivity index (χ2n) is 26.2. The van der Waals surface area contributed by atoms with Crippen LogP contribution in [0.15, 0.2) is 192 Å². The number of ketones is 1. The van der Waals surface area contributed by atoms with Gasteiger partial charge in [0.25, 0.3) is 0 Å². The Balaban J connectivity index is 0.000000274. The molecule has 0 fully saturated rings. The highest BCUT2D eigenvalue weighted by Crippen LogP contribution is 2.25. The molecule has 6 heterocycles. The third-order valence-electron chi connectivity index (χ3n) is 16.7. The van der Waals surface area contributed by atoms with Crippen LogP contribution < -0.4 is 27.0 Å². The molecule has 9 N–H and O–H groups in total. The van der Waals surface area contributed by atoms with Crippen molar-refractivity contribution in [1.29, 1.82) is 0 Å². The Hall–Kier alpha value is -9.31. The monoisotopic (exact) mass is 1650 g/mol. The Kier molecular flexibility index (Phi) is 37.1. The van der Waals surface area contributed by atoms with Crippen LogP contribution in [0, 0.1) is 5.92 Å². The van der Waals surface area contributed by atoms with Crippen LogP contribution in [0.5, 0.6) is 0 Å². The molecule has 107 heavy (non-hydrogen) atoms. The molecule has 0 aliphatic carbocycles. The molecule has 0 radical (unpaired) electrons. The van der Waals surface area contributed by atoms with E-state index >= 15 is 0 Å². The molecule has 10 rings (SSSR count). The Morgan fingerprint density at radius 3 is 1.33 bits per heavy atom. The lowest BCUT2D eigenvalue weighted by molar-refractivity contribution is -0.139. The normalized spacial score (nSPS) is 12.6. The first-order valence-corrected chi connectivity index (χ1v) is 38.4. The number of carboxylic acids is 1. The molecular formula is C77H98IN15O10S4. The van der Waals surface area contributed by atoms with Gasteiger partial charge in [0.05, 0.1) is 68.4 Å². The molecule has 0 aliphatic heterocycles. The fraction of sp³-hybridized carbons (Fsp3) is 0.377. The van der Waals surface area contributed by atoms with E-state index in [9.17, 15) is 33.9 Å². The maximum absolute atomic E-state index is 14.2. The Morgan fingerprint density at radius 2 is 0.944 bits per heavy atom. The van der Waals surface area contributed by atoms with Gasteiger partial charge < -0.3 is 56.9 Å². The minimum Gasteiger partial charge on any atom is -0.480 e. The number of thiazole rings is 4. The van der Waals surface area contributed by atoms with Crippen molar-refractivity contribution in [3.63, 3.8) is 0 Å². The summed E-state index contributed by atoms with van der Waals surface area (Å²) in [6, 6.07) is 41.1. The number of rotatable bonds is 36. The second kappa shape index (κ2) is 46.7. The summed E-state index contributed by atoms with van der Waals surface area (Å²) >= 11 is 6.04. The molecule has 0 aliphatic rings. The van der Waals surface area contributed by atoms with Crippen molar-refractivity contribution >= 4 is 105 Å². The largest absolute Gasteiger partial charge is 0.480 e. The van der Waals surface area contributed by atoms with Gasteiger partial charge in [-0.25, -0.2) is 33.9 Å². The number of benzene rings is 4. The van der Waals surface area contributed by atoms with Crippen LogP contribution in [-0.4, -0.2) is 140 Å². The Labute approximate surface area is 660 Å². The molecule has 0 saturated heterocycles. The standard InChI is InChI=1S/C39H47N7O4S2.C23H27N3O2S.C15H21N5O3S.HI.H2O/c1-28(2)37-42-33(26-51-37)23-45(3)38(48)44-35(24-46-18-10-17-41-46)36(47)21-31(19-29-11-6-4-7-12-29)15-16-32(20-30-13-8-5-9-14-30)43-39(49)50-25-34-22-40-27-52-34;24-20(13-18-7-3-1-4-8-18)11-12-21(14-19-9-5-2-6-10-19)26-23(27)28-16-22-15-25-17-29-22;1-10(2)13-17-11(9-24-13)7-19(3)15(23)18-12(14(21)22)8-20-6-4-5-16-20;;/h4-14,17-18,22,26-28,31-32,35H,15-16,19-21,23-25H2,1-3H3,(H,43,49)(H,44,48);1-10,15,17,20-21H,11-14,16,24H2,(H,26,27);4-6,9-10,12H,7-8H2,1-3H3,(H,18,23)(H,21,22);1H;1H2/t31-,32-,35-;20-,21-;12-;;/m000../s1/i/hD. The number of alkyl carbamates (subject to hydrolysis) is 2. The number of nitrogens with one attached hydrogen (secondary N) is 4. The first-order valence-electron chi connectivity index (χ1n) is 35.4. The highest BCUT2D eigenvalue weighted by atomic mass is 127. The van der Waals surface area contributed by atoms with E-state index in [0.717, 1.165) is 68.0 Å². The number of carbonyl (C=O) groups is 6. The number of nitrogens with zero attached hydrogens (tertiary/aromatic N) is 10. The SMILES string of the molecule is CC(C)c1nc(CN(C)C(=O)N[C@@H](Cn2cccn2)C(=O)C[C@@H](CC[C@@H](Cc2ccccc2)NC(=O)OCc2cncs2)Cc2ccccc2)cs1.CC(C)c1nc(CN(C)C(=O)N[C@@H](Cn2cccn2)C(=O)O)cs1.I.N[C@@H](CC[C@@H](Cc1ccccc1)NC(=O)OCc1cncs1)Cc1ccccc1.[2H]O. The van der Waals surface area contributed by atoms with Crippen LogP contribution in [0.1, 0.15) is 126 Å². The van der Waals surface area contributed by atoms with E-state index in [4.69, 9.17) is 22.1 Å². The van der Waals surface area contributed by atoms with Gasteiger partial charge in [-0.05, 0) is 91.7 Å². The minimum atomic E-state index is -1.11. The van der Waals surface area contributed by atoms with E-state index in [1.165, 1.54) is 43.4 Å². The Bertz CT molecular complexity index is 4140. The van der Waals surface area contributed by atoms with Gasteiger partial charge in [0.2, 0.25) is 1.43 Å². The highest BCUT2D eigenvalue weighted by molar-refractivity contribution is 14.0. The van der Waals surface area contributed by atoms with E-state index < -0.39 is 36.3 Å². The molecule has 6 amide bonds. The number of nitrogens with two attached hydrogens (primary N) is 1. The van der Waals surface area contributed by atoms with Gasteiger partial charge in [-0.2, -0.15) is 10.2 Å². The summed E-state index contributed by atoms with van der Waals surface area (Å²) in [6.45, 7) is 9.63. The minimum absolute atomic E-state index is 0.